The topological polar surface area (TPSA) is 84.5 Å². The summed E-state index contributed by atoms with van der Waals surface area (Å²) in [5.74, 6) is 0.573. The fourth-order valence-corrected chi connectivity index (χ4v) is 3.11. The molecule has 0 fully saturated rings. The summed E-state index contributed by atoms with van der Waals surface area (Å²) < 4.78 is 30.6. The molecule has 146 valence electrons. The molecule has 0 aliphatic rings. The van der Waals surface area contributed by atoms with Crippen LogP contribution in [0.15, 0.2) is 48.5 Å². The monoisotopic (exact) mass is 390 g/mol. The second-order valence-corrected chi connectivity index (χ2v) is 9.05. The zero-order chi connectivity index (χ0) is 20.1. The van der Waals surface area contributed by atoms with Gasteiger partial charge in [0.2, 0.25) is 10.0 Å². The first-order valence-corrected chi connectivity index (χ1v) is 10.5. The Bertz CT molecular complexity index is 885. The molecule has 27 heavy (non-hydrogen) atoms. The average Bonchev–Trinajstić information content (AvgIpc) is 2.57. The van der Waals surface area contributed by atoms with Crippen molar-refractivity contribution < 1.29 is 17.9 Å². The quantitative estimate of drug-likeness (QED) is 0.711. The van der Waals surface area contributed by atoms with Crippen LogP contribution in [0.3, 0.4) is 0 Å². The Morgan fingerprint density at radius 3 is 2.26 bits per heavy atom. The fourth-order valence-electron chi connectivity index (χ4n) is 2.54. The minimum absolute atomic E-state index is 0.0262. The highest BCUT2D eigenvalue weighted by Gasteiger charge is 2.18. The van der Waals surface area contributed by atoms with E-state index in [0.29, 0.717) is 24.4 Å². The van der Waals surface area contributed by atoms with E-state index in [2.05, 4.69) is 30.8 Å². The van der Waals surface area contributed by atoms with Gasteiger partial charge in [0.05, 0.1) is 12.8 Å². The Hall–Kier alpha value is -2.54. The number of carbonyl (C=O) groups is 1. The van der Waals surface area contributed by atoms with Gasteiger partial charge in [0.25, 0.3) is 5.91 Å². The molecule has 6 nitrogen and oxygen atoms in total. The lowest BCUT2D eigenvalue weighted by Crippen LogP contribution is -2.28. The zero-order valence-electron chi connectivity index (χ0n) is 16.1. The van der Waals surface area contributed by atoms with Crippen LogP contribution in [0.25, 0.3) is 0 Å². The third kappa shape index (κ3) is 6.60. The third-order valence-corrected chi connectivity index (χ3v) is 4.40. The Balaban J connectivity index is 1.87. The van der Waals surface area contributed by atoms with Crippen molar-refractivity contribution in [1.29, 1.82) is 0 Å². The molecule has 0 atom stereocenters. The highest BCUT2D eigenvalue weighted by molar-refractivity contribution is 7.92. The fraction of sp³-hybridized carbons (Fsp3) is 0.350. The van der Waals surface area contributed by atoms with Crippen molar-refractivity contribution in [3.8, 4) is 5.75 Å². The summed E-state index contributed by atoms with van der Waals surface area (Å²) in [5, 5.41) is 2.79. The average molecular weight is 391 g/mol. The highest BCUT2D eigenvalue weighted by atomic mass is 32.2. The molecule has 0 aromatic heterocycles. The molecular formula is C20H26N2O4S. The smallest absolute Gasteiger partial charge is 0.251 e. The lowest BCUT2D eigenvalue weighted by atomic mass is 9.86. The van der Waals surface area contributed by atoms with E-state index in [9.17, 15) is 13.2 Å². The number of benzene rings is 2. The van der Waals surface area contributed by atoms with Gasteiger partial charge in [0, 0.05) is 11.3 Å². The second kappa shape index (κ2) is 8.43. The second-order valence-electron chi connectivity index (χ2n) is 7.30. The third-order valence-electron chi connectivity index (χ3n) is 3.79. The number of ether oxygens (including phenoxy) is 1. The molecule has 0 aliphatic heterocycles. The molecule has 2 rings (SSSR count). The molecule has 0 saturated carbocycles. The van der Waals surface area contributed by atoms with Gasteiger partial charge < -0.3 is 10.1 Å². The largest absolute Gasteiger partial charge is 0.491 e. The molecule has 0 unspecified atom stereocenters. The van der Waals surface area contributed by atoms with E-state index in [4.69, 9.17) is 4.74 Å². The summed E-state index contributed by atoms with van der Waals surface area (Å²) in [6.07, 6.45) is 1.07. The van der Waals surface area contributed by atoms with Crippen molar-refractivity contribution in [3.63, 3.8) is 0 Å². The van der Waals surface area contributed by atoms with Crippen LogP contribution in [0.4, 0.5) is 5.69 Å². The van der Waals surface area contributed by atoms with Crippen molar-refractivity contribution in [3.05, 3.63) is 59.7 Å². The molecule has 0 radical (unpaired) electrons. The summed E-state index contributed by atoms with van der Waals surface area (Å²) in [7, 11) is -3.34. The lowest BCUT2D eigenvalue weighted by molar-refractivity contribution is 0.0947. The van der Waals surface area contributed by atoms with Gasteiger partial charge in [-0.15, -0.1) is 0 Å². The van der Waals surface area contributed by atoms with Crippen LogP contribution < -0.4 is 14.8 Å². The standard InChI is InChI=1S/C20H26N2O4S/c1-20(2,3)17-7-5-6-8-18(17)26-14-13-21-19(23)15-9-11-16(12-10-15)22-27(4,24)25/h5-12,22H,13-14H2,1-4H3,(H,21,23). The minimum atomic E-state index is -3.34. The molecule has 2 aromatic carbocycles. The molecule has 2 aromatic rings. The van der Waals surface area contributed by atoms with Crippen molar-refractivity contribution in [2.75, 3.05) is 24.1 Å². The number of amides is 1. The molecule has 2 N–H and O–H groups in total. The minimum Gasteiger partial charge on any atom is -0.491 e. The maximum Gasteiger partial charge on any atom is 0.251 e. The van der Waals surface area contributed by atoms with Gasteiger partial charge in [-0.2, -0.15) is 0 Å². The van der Waals surface area contributed by atoms with Crippen molar-refractivity contribution in [2.45, 2.75) is 26.2 Å². The number of hydrogen-bond acceptors (Lipinski definition) is 4. The van der Waals surface area contributed by atoms with Gasteiger partial charge in [-0.3, -0.25) is 9.52 Å². The van der Waals surface area contributed by atoms with E-state index in [-0.39, 0.29) is 11.3 Å². The molecule has 0 saturated heterocycles. The van der Waals surface area contributed by atoms with Crippen LogP contribution in [0.2, 0.25) is 0 Å². The number of carbonyl (C=O) groups excluding carboxylic acids is 1. The van der Waals surface area contributed by atoms with Crippen LogP contribution in [-0.4, -0.2) is 33.7 Å². The highest BCUT2D eigenvalue weighted by Crippen LogP contribution is 2.30. The van der Waals surface area contributed by atoms with Crippen LogP contribution in [0.5, 0.6) is 5.75 Å². The van der Waals surface area contributed by atoms with E-state index >= 15 is 0 Å². The lowest BCUT2D eigenvalue weighted by Gasteiger charge is -2.22. The van der Waals surface area contributed by atoms with Gasteiger partial charge in [0.15, 0.2) is 0 Å². The molecule has 0 aliphatic carbocycles. The number of nitrogens with one attached hydrogen (secondary N) is 2. The summed E-state index contributed by atoms with van der Waals surface area (Å²) in [6.45, 7) is 7.09. The summed E-state index contributed by atoms with van der Waals surface area (Å²) in [4.78, 5) is 12.2. The van der Waals surface area contributed by atoms with Crippen molar-refractivity contribution >= 4 is 21.6 Å². The van der Waals surface area contributed by atoms with E-state index < -0.39 is 10.0 Å². The first-order valence-electron chi connectivity index (χ1n) is 8.64. The maximum absolute atomic E-state index is 12.2. The van der Waals surface area contributed by atoms with E-state index in [1.165, 1.54) is 0 Å². The Morgan fingerprint density at radius 2 is 1.67 bits per heavy atom. The number of anilines is 1. The van der Waals surface area contributed by atoms with Crippen LogP contribution in [0.1, 0.15) is 36.7 Å². The van der Waals surface area contributed by atoms with Gasteiger partial charge in [-0.25, -0.2) is 8.42 Å². The Morgan fingerprint density at radius 1 is 1.04 bits per heavy atom. The molecule has 0 spiro atoms. The van der Waals surface area contributed by atoms with Crippen LogP contribution >= 0.6 is 0 Å². The van der Waals surface area contributed by atoms with Crippen molar-refractivity contribution in [2.24, 2.45) is 0 Å². The van der Waals surface area contributed by atoms with E-state index in [1.54, 1.807) is 24.3 Å². The zero-order valence-corrected chi connectivity index (χ0v) is 16.9. The summed E-state index contributed by atoms with van der Waals surface area (Å²) >= 11 is 0. The number of hydrogen-bond donors (Lipinski definition) is 2. The van der Waals surface area contributed by atoms with Gasteiger partial charge in [-0.05, 0) is 41.3 Å². The molecule has 1 amide bonds. The molecular weight excluding hydrogens is 364 g/mol. The van der Waals surface area contributed by atoms with Gasteiger partial charge in [0.1, 0.15) is 12.4 Å². The first-order chi connectivity index (χ1) is 12.6. The predicted molar refractivity (Wildman–Crippen MR) is 108 cm³/mol. The summed E-state index contributed by atoms with van der Waals surface area (Å²) in [5.41, 5.74) is 1.95. The Kier molecular flexibility index (Phi) is 6.49. The van der Waals surface area contributed by atoms with Crippen LogP contribution in [-0.2, 0) is 15.4 Å². The van der Waals surface area contributed by atoms with Crippen LogP contribution in [0, 0.1) is 0 Å². The van der Waals surface area contributed by atoms with E-state index in [1.807, 2.05) is 24.3 Å². The summed E-state index contributed by atoms with van der Waals surface area (Å²) in [6, 6.07) is 14.1. The SMILES string of the molecule is CC(C)(C)c1ccccc1OCCNC(=O)c1ccc(NS(C)(=O)=O)cc1. The predicted octanol–water partition coefficient (Wildman–Crippen LogP) is 3.16. The van der Waals surface area contributed by atoms with Gasteiger partial charge >= 0.3 is 0 Å². The first kappa shape index (κ1) is 20.8. The number of para-hydroxylation sites is 1. The number of sulfonamides is 1. The molecule has 7 heteroatoms. The van der Waals surface area contributed by atoms with E-state index in [0.717, 1.165) is 17.6 Å². The number of rotatable bonds is 7. The molecule has 0 bridgehead atoms. The Labute approximate surface area is 161 Å². The van der Waals surface area contributed by atoms with Gasteiger partial charge in [-0.1, -0.05) is 39.0 Å². The van der Waals surface area contributed by atoms with Crippen molar-refractivity contribution in [1.82, 2.24) is 5.32 Å². The maximum atomic E-state index is 12.2. The molecule has 0 heterocycles. The normalized spacial score (nSPS) is 11.7.